The van der Waals surface area contributed by atoms with E-state index >= 15 is 0 Å². The van der Waals surface area contributed by atoms with Crippen molar-refractivity contribution in [3.05, 3.63) is 36.0 Å². The highest BCUT2D eigenvalue weighted by molar-refractivity contribution is 6.06. The summed E-state index contributed by atoms with van der Waals surface area (Å²) in [5, 5.41) is 4.01. The van der Waals surface area contributed by atoms with Gasteiger partial charge in [0.15, 0.2) is 0 Å². The lowest BCUT2D eigenvalue weighted by molar-refractivity contribution is 0.0948. The van der Waals surface area contributed by atoms with Crippen molar-refractivity contribution in [3.8, 4) is 0 Å². The number of amides is 1. The van der Waals surface area contributed by atoms with Crippen LogP contribution in [0.15, 0.2) is 30.5 Å². The summed E-state index contributed by atoms with van der Waals surface area (Å²) in [7, 11) is 0. The zero-order chi connectivity index (χ0) is 11.9. The molecule has 0 saturated heterocycles. The Hall–Kier alpha value is -1.77. The van der Waals surface area contributed by atoms with E-state index in [1.165, 1.54) is 12.8 Å². The van der Waals surface area contributed by atoms with Gasteiger partial charge in [-0.1, -0.05) is 25.1 Å². The lowest BCUT2D eigenvalue weighted by Crippen LogP contribution is -2.28. The van der Waals surface area contributed by atoms with Crippen LogP contribution in [0.2, 0.25) is 0 Å². The molecule has 0 spiro atoms. The van der Waals surface area contributed by atoms with Crippen molar-refractivity contribution in [2.75, 3.05) is 6.54 Å². The number of nitrogens with one attached hydrogen (secondary N) is 2. The predicted molar refractivity (Wildman–Crippen MR) is 68.0 cm³/mol. The molecular weight excluding hydrogens is 212 g/mol. The summed E-state index contributed by atoms with van der Waals surface area (Å²) >= 11 is 0. The van der Waals surface area contributed by atoms with Gasteiger partial charge in [0.25, 0.3) is 5.91 Å². The van der Waals surface area contributed by atoms with Crippen LogP contribution in [-0.4, -0.2) is 17.4 Å². The van der Waals surface area contributed by atoms with Crippen molar-refractivity contribution in [1.29, 1.82) is 0 Å². The van der Waals surface area contributed by atoms with E-state index in [9.17, 15) is 4.79 Å². The second-order valence-corrected chi connectivity index (χ2v) is 5.24. The number of carbonyl (C=O) groups is 1. The second-order valence-electron chi connectivity index (χ2n) is 5.24. The Bertz CT molecular complexity index is 566. The van der Waals surface area contributed by atoms with E-state index in [0.717, 1.165) is 23.0 Å². The zero-order valence-corrected chi connectivity index (χ0v) is 9.92. The summed E-state index contributed by atoms with van der Waals surface area (Å²) in [6.45, 7) is 2.99. The predicted octanol–water partition coefficient (Wildman–Crippen LogP) is 2.70. The molecule has 1 aromatic heterocycles. The summed E-state index contributed by atoms with van der Waals surface area (Å²) in [5.74, 6) is 0.0237. The Labute approximate surface area is 100 Å². The minimum atomic E-state index is 0.0237. The van der Waals surface area contributed by atoms with Crippen LogP contribution in [0, 0.1) is 5.41 Å². The average Bonchev–Trinajstić information content (AvgIpc) is 2.93. The van der Waals surface area contributed by atoms with E-state index in [-0.39, 0.29) is 5.91 Å². The molecular formula is C14H16N2O. The highest BCUT2D eigenvalue weighted by Crippen LogP contribution is 2.44. The molecule has 1 aliphatic carbocycles. The Morgan fingerprint density at radius 3 is 2.94 bits per heavy atom. The number of H-pyrrole nitrogens is 1. The number of carbonyl (C=O) groups excluding carboxylic acids is 1. The van der Waals surface area contributed by atoms with E-state index in [1.54, 1.807) is 6.20 Å². The van der Waals surface area contributed by atoms with Crippen molar-refractivity contribution in [2.24, 2.45) is 5.41 Å². The normalized spacial score (nSPS) is 17.0. The van der Waals surface area contributed by atoms with Crippen LogP contribution in [0.3, 0.4) is 0 Å². The Balaban J connectivity index is 1.80. The molecule has 17 heavy (non-hydrogen) atoms. The third kappa shape index (κ3) is 1.93. The topological polar surface area (TPSA) is 44.9 Å². The summed E-state index contributed by atoms with van der Waals surface area (Å²) < 4.78 is 0. The van der Waals surface area contributed by atoms with Gasteiger partial charge in [0.2, 0.25) is 0 Å². The van der Waals surface area contributed by atoms with Gasteiger partial charge >= 0.3 is 0 Å². The molecule has 1 heterocycles. The maximum atomic E-state index is 12.1. The molecule has 0 atom stereocenters. The number of hydrogen-bond acceptors (Lipinski definition) is 1. The monoisotopic (exact) mass is 228 g/mol. The largest absolute Gasteiger partial charge is 0.360 e. The number of fused-ring (bicyclic) bond motifs is 1. The van der Waals surface area contributed by atoms with Gasteiger partial charge < -0.3 is 10.3 Å². The Kier molecular flexibility index (Phi) is 2.21. The second kappa shape index (κ2) is 3.62. The van der Waals surface area contributed by atoms with Crippen LogP contribution in [0.25, 0.3) is 10.9 Å². The molecule has 2 N–H and O–H groups in total. The number of rotatable bonds is 3. The van der Waals surface area contributed by atoms with E-state index in [0.29, 0.717) is 5.41 Å². The van der Waals surface area contributed by atoms with Gasteiger partial charge in [-0.25, -0.2) is 0 Å². The molecule has 1 saturated carbocycles. The fourth-order valence-corrected chi connectivity index (χ4v) is 2.04. The first-order valence-electron chi connectivity index (χ1n) is 6.02. The molecule has 0 unspecified atom stereocenters. The minimum Gasteiger partial charge on any atom is -0.360 e. The molecule has 0 bridgehead atoms. The lowest BCUT2D eigenvalue weighted by atomic mass is 10.1. The summed E-state index contributed by atoms with van der Waals surface area (Å²) in [6.07, 6.45) is 4.23. The maximum absolute atomic E-state index is 12.1. The number of hydrogen-bond donors (Lipinski definition) is 2. The molecule has 0 radical (unpaired) electrons. The van der Waals surface area contributed by atoms with Crippen molar-refractivity contribution in [3.63, 3.8) is 0 Å². The SMILES string of the molecule is CC1(CNC(=O)c2c[nH]c3ccccc23)CC1. The van der Waals surface area contributed by atoms with Crippen LogP contribution in [0.4, 0.5) is 0 Å². The van der Waals surface area contributed by atoms with Gasteiger partial charge in [-0.3, -0.25) is 4.79 Å². The quantitative estimate of drug-likeness (QED) is 0.833. The summed E-state index contributed by atoms with van der Waals surface area (Å²) in [6, 6.07) is 7.87. The first-order valence-corrected chi connectivity index (χ1v) is 6.02. The van der Waals surface area contributed by atoms with Gasteiger partial charge in [0.1, 0.15) is 0 Å². The van der Waals surface area contributed by atoms with E-state index in [1.807, 2.05) is 24.3 Å². The van der Waals surface area contributed by atoms with Gasteiger partial charge in [0, 0.05) is 23.6 Å². The van der Waals surface area contributed by atoms with Crippen LogP contribution in [-0.2, 0) is 0 Å². The van der Waals surface area contributed by atoms with E-state index in [2.05, 4.69) is 17.2 Å². The fraction of sp³-hybridized carbons (Fsp3) is 0.357. The third-order valence-electron chi connectivity index (χ3n) is 3.61. The van der Waals surface area contributed by atoms with E-state index < -0.39 is 0 Å². The number of benzene rings is 1. The molecule has 3 nitrogen and oxygen atoms in total. The van der Waals surface area contributed by atoms with Crippen LogP contribution in [0.5, 0.6) is 0 Å². The Morgan fingerprint density at radius 1 is 1.41 bits per heavy atom. The van der Waals surface area contributed by atoms with Crippen LogP contribution < -0.4 is 5.32 Å². The van der Waals surface area contributed by atoms with Crippen LogP contribution >= 0.6 is 0 Å². The zero-order valence-electron chi connectivity index (χ0n) is 9.92. The minimum absolute atomic E-state index is 0.0237. The van der Waals surface area contributed by atoms with Crippen molar-refractivity contribution in [1.82, 2.24) is 10.3 Å². The van der Waals surface area contributed by atoms with Crippen molar-refractivity contribution in [2.45, 2.75) is 19.8 Å². The summed E-state index contributed by atoms with van der Waals surface area (Å²) in [5.41, 5.74) is 2.10. The van der Waals surface area contributed by atoms with Crippen molar-refractivity contribution < 1.29 is 4.79 Å². The van der Waals surface area contributed by atoms with Gasteiger partial charge in [0.05, 0.1) is 5.56 Å². The first kappa shape index (κ1) is 10.4. The van der Waals surface area contributed by atoms with E-state index in [4.69, 9.17) is 0 Å². The molecule has 1 aromatic carbocycles. The molecule has 0 aliphatic heterocycles. The highest BCUT2D eigenvalue weighted by atomic mass is 16.1. The molecule has 88 valence electrons. The fourth-order valence-electron chi connectivity index (χ4n) is 2.04. The molecule has 3 rings (SSSR count). The number of para-hydroxylation sites is 1. The maximum Gasteiger partial charge on any atom is 0.253 e. The highest BCUT2D eigenvalue weighted by Gasteiger charge is 2.37. The molecule has 3 heteroatoms. The number of aromatic nitrogens is 1. The molecule has 1 amide bonds. The first-order chi connectivity index (χ1) is 8.18. The number of aromatic amines is 1. The lowest BCUT2D eigenvalue weighted by Gasteiger charge is -2.09. The van der Waals surface area contributed by atoms with Gasteiger partial charge in [-0.15, -0.1) is 0 Å². The smallest absolute Gasteiger partial charge is 0.253 e. The molecule has 1 aliphatic rings. The average molecular weight is 228 g/mol. The molecule has 1 fully saturated rings. The molecule has 2 aromatic rings. The standard InChI is InChI=1S/C14H16N2O/c1-14(6-7-14)9-16-13(17)11-8-15-12-5-3-2-4-10(11)12/h2-5,8,15H,6-7,9H2,1H3,(H,16,17). The Morgan fingerprint density at radius 2 is 2.18 bits per heavy atom. The summed E-state index contributed by atoms with van der Waals surface area (Å²) in [4.78, 5) is 15.2. The third-order valence-corrected chi connectivity index (χ3v) is 3.61. The van der Waals surface area contributed by atoms with Crippen LogP contribution in [0.1, 0.15) is 30.1 Å². The van der Waals surface area contributed by atoms with Gasteiger partial charge in [-0.2, -0.15) is 0 Å². The van der Waals surface area contributed by atoms with Crippen molar-refractivity contribution >= 4 is 16.8 Å². The van der Waals surface area contributed by atoms with Gasteiger partial charge in [-0.05, 0) is 24.3 Å².